The number of aliphatic imine (C=N–C) groups is 1. The standard InChI is InChI=1S/C16H26ClN5O2S2/c1-2-18-16(19-6-5-14-3-4-15(17)21-13-14)20-7-12-26(23,24)22-8-10-25-11-9-22/h3-4,13H,2,5-12H2,1H3,(H2,18,19,20). The summed E-state index contributed by atoms with van der Waals surface area (Å²) in [7, 11) is -3.22. The maximum atomic E-state index is 12.3. The van der Waals surface area contributed by atoms with Gasteiger partial charge >= 0.3 is 0 Å². The van der Waals surface area contributed by atoms with E-state index < -0.39 is 10.0 Å². The van der Waals surface area contributed by atoms with E-state index in [0.29, 0.717) is 37.3 Å². The molecule has 0 bridgehead atoms. The van der Waals surface area contributed by atoms with Crippen LogP contribution in [0.2, 0.25) is 5.15 Å². The Hall–Kier alpha value is -1.03. The Morgan fingerprint density at radius 1 is 1.35 bits per heavy atom. The molecule has 0 amide bonds. The summed E-state index contributed by atoms with van der Waals surface area (Å²) < 4.78 is 26.3. The zero-order valence-electron chi connectivity index (χ0n) is 14.9. The molecule has 7 nitrogen and oxygen atoms in total. The van der Waals surface area contributed by atoms with E-state index in [1.54, 1.807) is 28.3 Å². The number of guanidine groups is 1. The molecule has 0 aliphatic carbocycles. The van der Waals surface area contributed by atoms with E-state index >= 15 is 0 Å². The van der Waals surface area contributed by atoms with Gasteiger partial charge < -0.3 is 10.6 Å². The lowest BCUT2D eigenvalue weighted by atomic mass is 10.2. The summed E-state index contributed by atoms with van der Waals surface area (Å²) in [6.45, 7) is 4.80. The highest BCUT2D eigenvalue weighted by Gasteiger charge is 2.23. The number of nitrogens with zero attached hydrogens (tertiary/aromatic N) is 3. The Kier molecular flexibility index (Phi) is 8.97. The molecule has 146 valence electrons. The third-order valence-corrected chi connectivity index (χ3v) is 6.84. The highest BCUT2D eigenvalue weighted by Crippen LogP contribution is 2.13. The van der Waals surface area contributed by atoms with E-state index in [2.05, 4.69) is 20.6 Å². The molecule has 2 N–H and O–H groups in total. The van der Waals surface area contributed by atoms with Crippen LogP contribution in [0.5, 0.6) is 0 Å². The maximum Gasteiger partial charge on any atom is 0.215 e. The van der Waals surface area contributed by atoms with Crippen LogP contribution in [0, 0.1) is 0 Å². The van der Waals surface area contributed by atoms with Crippen LogP contribution in [-0.2, 0) is 16.4 Å². The monoisotopic (exact) mass is 419 g/mol. The summed E-state index contributed by atoms with van der Waals surface area (Å²) in [5.74, 6) is 2.40. The van der Waals surface area contributed by atoms with Crippen molar-refractivity contribution in [3.63, 3.8) is 0 Å². The van der Waals surface area contributed by atoms with Gasteiger partial charge in [-0.25, -0.2) is 17.7 Å². The minimum Gasteiger partial charge on any atom is -0.357 e. The minimum absolute atomic E-state index is 0.0370. The van der Waals surface area contributed by atoms with Crippen molar-refractivity contribution in [1.29, 1.82) is 0 Å². The molecule has 0 aromatic carbocycles. The summed E-state index contributed by atoms with van der Waals surface area (Å²) in [5.41, 5.74) is 1.07. The quantitative estimate of drug-likeness (QED) is 0.374. The molecular weight excluding hydrogens is 394 g/mol. The number of aromatic nitrogens is 1. The Bertz CT molecular complexity index is 676. The summed E-state index contributed by atoms with van der Waals surface area (Å²) in [6.07, 6.45) is 2.52. The first-order chi connectivity index (χ1) is 12.5. The van der Waals surface area contributed by atoms with E-state index in [9.17, 15) is 8.42 Å². The van der Waals surface area contributed by atoms with Gasteiger partial charge in [0.2, 0.25) is 10.0 Å². The van der Waals surface area contributed by atoms with Crippen molar-refractivity contribution in [3.05, 3.63) is 29.0 Å². The van der Waals surface area contributed by atoms with E-state index in [1.165, 1.54) is 0 Å². The molecule has 1 aliphatic rings. The number of rotatable bonds is 8. The molecule has 1 aromatic rings. The Morgan fingerprint density at radius 3 is 2.77 bits per heavy atom. The summed E-state index contributed by atoms with van der Waals surface area (Å²) in [5, 5.41) is 6.83. The number of nitrogens with one attached hydrogen (secondary N) is 2. The Labute approximate surface area is 165 Å². The van der Waals surface area contributed by atoms with Crippen molar-refractivity contribution in [2.24, 2.45) is 4.99 Å². The molecule has 1 aliphatic heterocycles. The molecule has 0 spiro atoms. The first kappa shape index (κ1) is 21.3. The third-order valence-electron chi connectivity index (χ3n) is 3.82. The molecule has 1 saturated heterocycles. The van der Waals surface area contributed by atoms with Crippen LogP contribution >= 0.6 is 23.4 Å². The van der Waals surface area contributed by atoms with Crippen LogP contribution in [0.15, 0.2) is 23.3 Å². The van der Waals surface area contributed by atoms with Crippen molar-refractivity contribution >= 4 is 39.3 Å². The van der Waals surface area contributed by atoms with Crippen molar-refractivity contribution in [2.75, 3.05) is 50.0 Å². The van der Waals surface area contributed by atoms with Crippen LogP contribution in [0.4, 0.5) is 0 Å². The maximum absolute atomic E-state index is 12.3. The predicted octanol–water partition coefficient (Wildman–Crippen LogP) is 1.21. The molecule has 2 heterocycles. The highest BCUT2D eigenvalue weighted by molar-refractivity contribution is 7.99. The zero-order chi connectivity index (χ0) is 18.8. The number of sulfonamides is 1. The van der Waals surface area contributed by atoms with Gasteiger partial charge in [0.05, 0.1) is 12.3 Å². The molecule has 2 rings (SSSR count). The van der Waals surface area contributed by atoms with Crippen molar-refractivity contribution in [3.8, 4) is 0 Å². The fraction of sp³-hybridized carbons (Fsp3) is 0.625. The second-order valence-electron chi connectivity index (χ2n) is 5.75. The van der Waals surface area contributed by atoms with Crippen LogP contribution in [-0.4, -0.2) is 73.6 Å². The van der Waals surface area contributed by atoms with Crippen molar-refractivity contribution < 1.29 is 8.42 Å². The van der Waals surface area contributed by atoms with Gasteiger partial charge in [-0.05, 0) is 25.0 Å². The first-order valence-electron chi connectivity index (χ1n) is 8.69. The predicted molar refractivity (Wildman–Crippen MR) is 110 cm³/mol. The van der Waals surface area contributed by atoms with Crippen LogP contribution < -0.4 is 10.6 Å². The van der Waals surface area contributed by atoms with E-state index in [1.807, 2.05) is 13.0 Å². The highest BCUT2D eigenvalue weighted by atomic mass is 35.5. The van der Waals surface area contributed by atoms with Gasteiger partial charge in [0.1, 0.15) is 5.15 Å². The lowest BCUT2D eigenvalue weighted by Crippen LogP contribution is -2.41. The fourth-order valence-corrected chi connectivity index (χ4v) is 5.01. The minimum atomic E-state index is -3.22. The number of hydrogen-bond donors (Lipinski definition) is 2. The van der Waals surface area contributed by atoms with E-state index in [0.717, 1.165) is 23.5 Å². The van der Waals surface area contributed by atoms with Gasteiger partial charge in [-0.2, -0.15) is 11.8 Å². The molecule has 1 aromatic heterocycles. The molecule has 26 heavy (non-hydrogen) atoms. The van der Waals surface area contributed by atoms with Gasteiger partial charge in [-0.3, -0.25) is 4.99 Å². The van der Waals surface area contributed by atoms with Gasteiger partial charge in [-0.15, -0.1) is 0 Å². The topological polar surface area (TPSA) is 86.7 Å². The van der Waals surface area contributed by atoms with E-state index in [4.69, 9.17) is 11.6 Å². The van der Waals surface area contributed by atoms with Crippen LogP contribution in [0.3, 0.4) is 0 Å². The summed E-state index contributed by atoms with van der Waals surface area (Å²) in [6, 6.07) is 3.70. The largest absolute Gasteiger partial charge is 0.357 e. The lowest BCUT2D eigenvalue weighted by molar-refractivity contribution is 0.444. The second-order valence-corrected chi connectivity index (χ2v) is 9.45. The normalized spacial score (nSPS) is 16.5. The molecule has 0 radical (unpaired) electrons. The van der Waals surface area contributed by atoms with Crippen molar-refractivity contribution in [2.45, 2.75) is 13.3 Å². The molecule has 0 atom stereocenters. The number of pyridine rings is 1. The average molecular weight is 420 g/mol. The van der Waals surface area contributed by atoms with Crippen LogP contribution in [0.25, 0.3) is 0 Å². The smallest absolute Gasteiger partial charge is 0.215 e. The van der Waals surface area contributed by atoms with Gasteiger partial charge in [0, 0.05) is 43.9 Å². The summed E-state index contributed by atoms with van der Waals surface area (Å²) >= 11 is 7.57. The zero-order valence-corrected chi connectivity index (χ0v) is 17.3. The SMILES string of the molecule is CCNC(=NCCS(=O)(=O)N1CCSCC1)NCCc1ccc(Cl)nc1. The number of thioether (sulfide) groups is 1. The third kappa shape index (κ3) is 7.30. The summed E-state index contributed by atoms with van der Waals surface area (Å²) in [4.78, 5) is 8.44. The Morgan fingerprint density at radius 2 is 2.12 bits per heavy atom. The van der Waals surface area contributed by atoms with Gasteiger partial charge in [0.15, 0.2) is 5.96 Å². The molecule has 0 saturated carbocycles. The van der Waals surface area contributed by atoms with E-state index in [-0.39, 0.29) is 12.3 Å². The van der Waals surface area contributed by atoms with Gasteiger partial charge in [-0.1, -0.05) is 17.7 Å². The Balaban J connectivity index is 1.80. The van der Waals surface area contributed by atoms with Crippen molar-refractivity contribution in [1.82, 2.24) is 19.9 Å². The number of halogens is 1. The fourth-order valence-electron chi connectivity index (χ4n) is 2.45. The molecule has 10 heteroatoms. The second kappa shape index (κ2) is 11.0. The lowest BCUT2D eigenvalue weighted by Gasteiger charge is -2.25. The van der Waals surface area contributed by atoms with Gasteiger partial charge in [0.25, 0.3) is 0 Å². The first-order valence-corrected chi connectivity index (χ1v) is 11.8. The number of hydrogen-bond acceptors (Lipinski definition) is 5. The molecule has 1 fully saturated rings. The molecule has 0 unspecified atom stereocenters. The average Bonchev–Trinajstić information content (AvgIpc) is 2.64. The van der Waals surface area contributed by atoms with Crippen LogP contribution in [0.1, 0.15) is 12.5 Å². The molecular formula is C16H26ClN5O2S2.